The smallest absolute Gasteiger partial charge is 0.306 e. The molecule has 17 nitrogen and oxygen atoms in total. The second kappa shape index (κ2) is 35.0. The van der Waals surface area contributed by atoms with E-state index < -0.39 is 5.97 Å². The maximum atomic E-state index is 11.3. The number of aromatic nitrogens is 13. The summed E-state index contributed by atoms with van der Waals surface area (Å²) < 4.78 is 14.2. The summed E-state index contributed by atoms with van der Waals surface area (Å²) in [6, 6.07) is 49.0. The summed E-state index contributed by atoms with van der Waals surface area (Å²) in [4.78, 5) is 55.0. The number of thiophene rings is 6. The van der Waals surface area contributed by atoms with Gasteiger partial charge in [-0.15, -0.1) is 68.0 Å². The van der Waals surface area contributed by atoms with Crippen LogP contribution in [0.1, 0.15) is 228 Å². The van der Waals surface area contributed by atoms with E-state index in [2.05, 4.69) is 228 Å². The number of hydrogen-bond acceptors (Lipinski definition) is 16. The highest BCUT2D eigenvalue weighted by Gasteiger charge is 2.46. The highest BCUT2D eigenvalue weighted by atomic mass is 32.1. The molecule has 5 aliphatic carbocycles. The zero-order chi connectivity index (χ0) is 84.7. The van der Waals surface area contributed by atoms with Crippen molar-refractivity contribution in [1.29, 1.82) is 0 Å². The lowest BCUT2D eigenvalue weighted by Gasteiger charge is -2.36. The van der Waals surface area contributed by atoms with E-state index in [9.17, 15) is 15.0 Å². The van der Waals surface area contributed by atoms with Crippen molar-refractivity contribution in [2.24, 2.45) is 41.4 Å². The molecule has 20 heterocycles. The lowest BCUT2D eigenvalue weighted by atomic mass is 9.75. The number of fused-ring (bicyclic) bond motifs is 19. The number of para-hydroxylation sites is 2. The summed E-state index contributed by atoms with van der Waals surface area (Å²) in [6.07, 6.45) is 51.3. The highest BCUT2D eigenvalue weighted by molar-refractivity contribution is 7.13. The molecule has 2 N–H and O–H groups in total. The van der Waals surface area contributed by atoms with E-state index in [1.807, 2.05) is 138 Å². The number of pyridine rings is 1. The van der Waals surface area contributed by atoms with E-state index in [1.165, 1.54) is 201 Å². The molecule has 28 rings (SSSR count). The van der Waals surface area contributed by atoms with Gasteiger partial charge in [-0.05, 0) is 262 Å². The fraction of sp³-hybridized carbons (Fsp3) is 0.385. The zero-order valence-electron chi connectivity index (χ0n) is 71.5. The maximum absolute atomic E-state index is 11.3. The van der Waals surface area contributed by atoms with Gasteiger partial charge < -0.3 is 42.5 Å². The largest absolute Gasteiger partial charge is 0.481 e. The number of aliphatic carboxylic acids is 1. The first-order chi connectivity index (χ1) is 62.7. The SMILES string of the molecule is Cc1cc2c(s1)C(C1CCCCC1)n1cncc1-2.O=C(O)C1CCCC(C2c3sccc3-c3cncn32)C1.OC1CC(C2c3sccc3-c3cncn32)C1.c1ccc(C2CCC(C3c4sccc4-c4cncn43)CC2)cc1.c1ccc(N2CCC(C3c4sccc4-c4cncn43)CC2)cc1.c1ccc2c(C3CCC(C4c5sccc5-c5cncn54)CC3)ccnc2c1. The number of anilines is 1. The molecule has 3 aromatic carbocycles. The Kier molecular flexibility index (Phi) is 22.4. The normalized spacial score (nSPS) is 25.1. The number of imidazole rings is 6. The van der Waals surface area contributed by atoms with Crippen LogP contribution >= 0.6 is 68.0 Å². The van der Waals surface area contributed by atoms with E-state index in [0.29, 0.717) is 65.8 Å². The van der Waals surface area contributed by atoms with Gasteiger partial charge in [0, 0.05) is 97.9 Å². The number of nitrogens with zero attached hydrogens (tertiary/aromatic N) is 14. The number of piperidine rings is 1. The second-order valence-corrected chi connectivity index (χ2v) is 43.4. The molecule has 127 heavy (non-hydrogen) atoms. The summed E-state index contributed by atoms with van der Waals surface area (Å²) in [5, 5.41) is 31.1. The van der Waals surface area contributed by atoms with Gasteiger partial charge in [0.05, 0.1) is 163 Å². The van der Waals surface area contributed by atoms with Crippen LogP contribution in [0, 0.1) is 48.3 Å². The Morgan fingerprint density at radius 2 is 0.764 bits per heavy atom. The van der Waals surface area contributed by atoms with Crippen LogP contribution in [0.2, 0.25) is 0 Å². The first kappa shape index (κ1) is 81.3. The maximum Gasteiger partial charge on any atom is 0.306 e. The lowest BCUT2D eigenvalue weighted by Crippen LogP contribution is -2.36. The van der Waals surface area contributed by atoms with Crippen molar-refractivity contribution in [3.05, 3.63) is 281 Å². The van der Waals surface area contributed by atoms with Gasteiger partial charge in [-0.3, -0.25) is 9.78 Å². The summed E-state index contributed by atoms with van der Waals surface area (Å²) >= 11 is 11.4. The van der Waals surface area contributed by atoms with Gasteiger partial charge in [-0.1, -0.05) is 92.4 Å². The monoisotopic (exact) mass is 1790 g/mol. The minimum Gasteiger partial charge on any atom is -0.481 e. The van der Waals surface area contributed by atoms with Crippen molar-refractivity contribution in [3.8, 4) is 67.5 Å². The van der Waals surface area contributed by atoms with Crippen molar-refractivity contribution in [1.82, 2.24) is 62.3 Å². The van der Waals surface area contributed by atoms with Crippen LogP contribution in [0.15, 0.2) is 236 Å². The Labute approximate surface area is 765 Å². The Morgan fingerprint density at radius 3 is 1.23 bits per heavy atom. The van der Waals surface area contributed by atoms with Crippen molar-refractivity contribution in [2.75, 3.05) is 18.0 Å². The molecule has 0 spiro atoms. The van der Waals surface area contributed by atoms with E-state index in [1.54, 1.807) is 30.8 Å². The summed E-state index contributed by atoms with van der Waals surface area (Å²) in [6.45, 7) is 4.52. The van der Waals surface area contributed by atoms with Crippen LogP contribution < -0.4 is 4.90 Å². The Balaban J connectivity index is 0.0000000880. The topological polar surface area (TPSA) is 181 Å². The standard InChI is InChI=1S/C23H21N3S.C20H20N2S.C19H19N3S.C15H16N2O2S.C15H18N2S.C12H12N2OS/c1-2-4-20-18(3-1)17(9-11-25-20)15-5-7-16(8-6-15)22-23-19(10-12-27-23)21-13-24-14-26(21)22;1-2-4-14(5-3-1)15-6-8-16(9-7-15)19-20-17(10-11-23-20)18-12-21-13-22(18)19;1-2-4-15(5-3-1)21-9-6-14(7-10-21)18-19-16(8-11-23-19)17-12-20-13-22(17)18;18-15(19)10-3-1-2-9(6-10)13-14-11(4-5-20-14)12-7-16-8-17(12)13;1-10-7-12-13-8-16-9-17(13)14(15(12)18-10)11-5-3-2-4-6-11;15-8-3-7(4-8)11-12-9(1-2-16-12)10-5-13-6-14(10)11/h1-4,9-16,22H,5-8H2;1-5,10-13,15-16,19H,6-9H2;1-5,8,11-14,18H,6-7,9-10H2;4-5,7-10,13H,1-3,6H2,(H,18,19);7-9,11,14H,2-6H2,1H3;1-2,5-8,11,15H,3-4H2. The number of carbonyl (C=O) groups is 1. The predicted octanol–water partition coefficient (Wildman–Crippen LogP) is 26.0. The van der Waals surface area contributed by atoms with E-state index in [-0.39, 0.29) is 12.0 Å². The molecule has 6 fully saturated rings. The molecular formula is C104H106N14O3S6. The van der Waals surface area contributed by atoms with Gasteiger partial charge >= 0.3 is 5.97 Å². The van der Waals surface area contributed by atoms with Crippen LogP contribution in [0.4, 0.5) is 5.69 Å². The molecule has 8 atom stereocenters. The summed E-state index contributed by atoms with van der Waals surface area (Å²) in [7, 11) is 0. The van der Waals surface area contributed by atoms with Crippen LogP contribution in [-0.4, -0.2) is 97.7 Å². The molecule has 646 valence electrons. The molecular weight excluding hydrogens is 1690 g/mol. The molecule has 0 amide bonds. The van der Waals surface area contributed by atoms with Gasteiger partial charge in [0.15, 0.2) is 0 Å². The molecule has 16 aromatic rings. The number of aryl methyl sites for hydroxylation is 1. The molecule has 0 radical (unpaired) electrons. The van der Waals surface area contributed by atoms with Crippen molar-refractivity contribution < 1.29 is 15.0 Å². The Morgan fingerprint density at radius 1 is 0.370 bits per heavy atom. The molecule has 12 aliphatic rings. The minimum absolute atomic E-state index is 0.0824. The molecule has 23 heteroatoms. The number of rotatable bonds is 10. The quantitative estimate of drug-likeness (QED) is 0.133. The fourth-order valence-corrected chi connectivity index (χ4v) is 31.2. The Bertz CT molecular complexity index is 6160. The van der Waals surface area contributed by atoms with Crippen LogP contribution in [0.25, 0.3) is 78.4 Å². The number of aliphatic hydroxyl groups excluding tert-OH is 1. The average Bonchev–Trinajstić information content (AvgIpc) is 1.66. The molecule has 1 saturated heterocycles. The van der Waals surface area contributed by atoms with E-state index in [4.69, 9.17) is 0 Å². The highest BCUT2D eigenvalue weighted by Crippen LogP contribution is 2.58. The lowest BCUT2D eigenvalue weighted by molar-refractivity contribution is -0.143. The number of carboxylic acids is 1. The first-order valence-electron chi connectivity index (χ1n) is 46.4. The van der Waals surface area contributed by atoms with Gasteiger partial charge in [-0.25, -0.2) is 29.9 Å². The van der Waals surface area contributed by atoms with Gasteiger partial charge in [0.1, 0.15) is 0 Å². The Hall–Kier alpha value is -10.2. The predicted molar refractivity (Wildman–Crippen MR) is 514 cm³/mol. The van der Waals surface area contributed by atoms with Gasteiger partial charge in [0.25, 0.3) is 0 Å². The molecule has 0 bridgehead atoms. The van der Waals surface area contributed by atoms with E-state index >= 15 is 0 Å². The van der Waals surface area contributed by atoms with Crippen molar-refractivity contribution in [2.45, 2.75) is 196 Å². The van der Waals surface area contributed by atoms with Crippen molar-refractivity contribution >= 4 is 90.6 Å². The zero-order valence-corrected chi connectivity index (χ0v) is 76.4. The van der Waals surface area contributed by atoms with Crippen molar-refractivity contribution in [3.63, 3.8) is 0 Å². The molecule has 7 aliphatic heterocycles. The summed E-state index contributed by atoms with van der Waals surface area (Å²) in [5.74, 6) is 4.59. The van der Waals surface area contributed by atoms with Crippen LogP contribution in [-0.2, 0) is 4.79 Å². The molecule has 13 aromatic heterocycles. The number of carboxylic acid groups (broad SMARTS) is 1. The third-order valence-electron chi connectivity index (χ3n) is 30.6. The van der Waals surface area contributed by atoms with Crippen LogP contribution in [0.3, 0.4) is 0 Å². The second-order valence-electron chi connectivity index (χ2n) is 37.4. The minimum atomic E-state index is -0.634. The number of benzene rings is 3. The fourth-order valence-electron chi connectivity index (χ4n) is 24.5. The first-order valence-corrected chi connectivity index (χ1v) is 51.6. The number of aliphatic hydroxyl groups is 1. The average molecular weight is 1790 g/mol. The molecule has 8 unspecified atom stereocenters. The third kappa shape index (κ3) is 14.9. The number of hydrogen-bond donors (Lipinski definition) is 2. The van der Waals surface area contributed by atoms with Gasteiger partial charge in [0.2, 0.25) is 0 Å². The van der Waals surface area contributed by atoms with Crippen LogP contribution in [0.5, 0.6) is 0 Å². The summed E-state index contributed by atoms with van der Waals surface area (Å²) in [5.41, 5.74) is 21.5. The van der Waals surface area contributed by atoms with Gasteiger partial charge in [-0.2, -0.15) is 0 Å². The van der Waals surface area contributed by atoms with E-state index in [0.717, 1.165) is 74.9 Å². The molecule has 5 saturated carbocycles. The third-order valence-corrected chi connectivity index (χ3v) is 36.6.